The quantitative estimate of drug-likeness (QED) is 0.403. The molecule has 0 aromatic heterocycles. The third-order valence-electron chi connectivity index (χ3n) is 4.93. The summed E-state index contributed by atoms with van der Waals surface area (Å²) in [6.45, 7) is 4.41. The summed E-state index contributed by atoms with van der Waals surface area (Å²) < 4.78 is 0. The summed E-state index contributed by atoms with van der Waals surface area (Å²) in [7, 11) is 0. The van der Waals surface area contributed by atoms with E-state index in [0.29, 0.717) is 11.1 Å². The zero-order valence-electron chi connectivity index (χ0n) is 15.8. The Kier molecular flexibility index (Phi) is 9.13. The lowest BCUT2D eigenvalue weighted by atomic mass is 10.1. The van der Waals surface area contributed by atoms with Gasteiger partial charge < -0.3 is 25.7 Å². The fourth-order valence-corrected chi connectivity index (χ4v) is 3.53. The van der Waals surface area contributed by atoms with Crippen LogP contribution in [0.2, 0.25) is 10.0 Å². The molecular weight excluding hydrogens is 423 g/mol. The molecule has 1 saturated carbocycles. The van der Waals surface area contributed by atoms with Crippen LogP contribution in [0.25, 0.3) is 0 Å². The Hall–Kier alpha value is -1.42. The monoisotopic (exact) mass is 448 g/mol. The number of halogens is 2. The van der Waals surface area contributed by atoms with Gasteiger partial charge in [-0.2, -0.15) is 0 Å². The largest absolute Gasteiger partial charge is 0.479 e. The van der Waals surface area contributed by atoms with E-state index in [1.54, 1.807) is 0 Å². The Morgan fingerprint density at radius 1 is 1.10 bits per heavy atom. The standard InChI is InChI=1S/C15H20Cl2N2.C4H6O6/c16-13-4-3-12(15(17)7-13)10-19(9-11-1-2-11)14-5-6-18-8-14;5-1(3(7)8)2(6)4(9)10/h3-4,7,11,14,18H,1-2,5-6,8-10H2;1-2,5-6H,(H,7,8)(H,9,10)/t14-;1-,2-/m01/s1. The molecule has 3 rings (SSSR count). The SMILES string of the molecule is Clc1ccc(CN(CC2CC2)[C@H]2CCNC2)c(Cl)c1.O=C(O)[C@H](O)[C@@H](O)C(=O)O. The number of carboxylic acid groups (broad SMARTS) is 2. The second kappa shape index (κ2) is 11.1. The minimum absolute atomic E-state index is 0.660. The van der Waals surface area contributed by atoms with E-state index < -0.39 is 24.1 Å². The van der Waals surface area contributed by atoms with E-state index in [1.807, 2.05) is 12.1 Å². The van der Waals surface area contributed by atoms with Crippen LogP contribution in [0.15, 0.2) is 18.2 Å². The number of hydrogen-bond donors (Lipinski definition) is 5. The zero-order chi connectivity index (χ0) is 21.6. The highest BCUT2D eigenvalue weighted by molar-refractivity contribution is 6.35. The van der Waals surface area contributed by atoms with Crippen molar-refractivity contribution in [2.45, 2.75) is 44.1 Å². The van der Waals surface area contributed by atoms with Crippen molar-refractivity contribution < 1.29 is 30.0 Å². The van der Waals surface area contributed by atoms with Crippen molar-refractivity contribution in [3.8, 4) is 0 Å². The van der Waals surface area contributed by atoms with Gasteiger partial charge in [0, 0.05) is 35.7 Å². The highest BCUT2D eigenvalue weighted by Gasteiger charge is 2.30. The zero-order valence-corrected chi connectivity index (χ0v) is 17.3. The number of benzene rings is 1. The van der Waals surface area contributed by atoms with Crippen LogP contribution in [0.5, 0.6) is 0 Å². The molecule has 0 unspecified atom stereocenters. The van der Waals surface area contributed by atoms with Crippen molar-refractivity contribution in [3.63, 3.8) is 0 Å². The Balaban J connectivity index is 0.000000257. The van der Waals surface area contributed by atoms with Crippen LogP contribution in [0.4, 0.5) is 0 Å². The molecule has 8 nitrogen and oxygen atoms in total. The highest BCUT2D eigenvalue weighted by atomic mass is 35.5. The maximum absolute atomic E-state index is 9.77. The van der Waals surface area contributed by atoms with E-state index in [2.05, 4.69) is 16.3 Å². The number of hydrogen-bond acceptors (Lipinski definition) is 6. The summed E-state index contributed by atoms with van der Waals surface area (Å²) in [6, 6.07) is 6.51. The first-order valence-electron chi connectivity index (χ1n) is 9.39. The van der Waals surface area contributed by atoms with E-state index >= 15 is 0 Å². The van der Waals surface area contributed by atoms with Crippen molar-refractivity contribution in [3.05, 3.63) is 33.8 Å². The van der Waals surface area contributed by atoms with Crippen LogP contribution in [0.3, 0.4) is 0 Å². The van der Waals surface area contributed by atoms with Gasteiger partial charge in [-0.1, -0.05) is 29.3 Å². The van der Waals surface area contributed by atoms with E-state index in [-0.39, 0.29) is 0 Å². The van der Waals surface area contributed by atoms with Crippen LogP contribution >= 0.6 is 23.2 Å². The third kappa shape index (κ3) is 7.73. The number of carboxylic acids is 2. The first kappa shape index (κ1) is 23.9. The molecule has 1 heterocycles. The fourth-order valence-electron chi connectivity index (χ4n) is 3.06. The maximum Gasteiger partial charge on any atom is 0.335 e. The van der Waals surface area contributed by atoms with Gasteiger partial charge in [-0.3, -0.25) is 4.90 Å². The van der Waals surface area contributed by atoms with E-state index in [1.165, 1.54) is 31.4 Å². The number of nitrogens with zero attached hydrogens (tertiary/aromatic N) is 1. The molecule has 10 heteroatoms. The molecule has 2 fully saturated rings. The van der Waals surface area contributed by atoms with Gasteiger partial charge >= 0.3 is 11.9 Å². The summed E-state index contributed by atoms with van der Waals surface area (Å²) in [5.74, 6) is -2.63. The van der Waals surface area contributed by atoms with Gasteiger partial charge in [-0.25, -0.2) is 9.59 Å². The molecule has 1 aromatic carbocycles. The highest BCUT2D eigenvalue weighted by Crippen LogP contribution is 2.32. The Labute approximate surface area is 179 Å². The second-order valence-corrected chi connectivity index (χ2v) is 8.16. The van der Waals surface area contributed by atoms with Crippen molar-refractivity contribution in [1.82, 2.24) is 10.2 Å². The van der Waals surface area contributed by atoms with E-state index in [9.17, 15) is 9.59 Å². The van der Waals surface area contributed by atoms with E-state index in [4.69, 9.17) is 43.6 Å². The summed E-state index contributed by atoms with van der Waals surface area (Å²) in [5, 5.41) is 37.5. The Morgan fingerprint density at radius 3 is 2.17 bits per heavy atom. The van der Waals surface area contributed by atoms with Gasteiger partial charge in [0.15, 0.2) is 12.2 Å². The number of carbonyl (C=O) groups is 2. The van der Waals surface area contributed by atoms with Gasteiger partial charge in [0.2, 0.25) is 0 Å². The Morgan fingerprint density at radius 2 is 1.72 bits per heavy atom. The molecule has 2 aliphatic rings. The molecule has 3 atom stereocenters. The predicted molar refractivity (Wildman–Crippen MR) is 108 cm³/mol. The fraction of sp³-hybridized carbons (Fsp3) is 0.579. The van der Waals surface area contributed by atoms with Crippen LogP contribution < -0.4 is 5.32 Å². The topological polar surface area (TPSA) is 130 Å². The van der Waals surface area contributed by atoms with Gasteiger partial charge in [-0.15, -0.1) is 0 Å². The minimum Gasteiger partial charge on any atom is -0.479 e. The smallest absolute Gasteiger partial charge is 0.335 e. The van der Waals surface area contributed by atoms with Gasteiger partial charge in [0.05, 0.1) is 0 Å². The minimum atomic E-state index is -2.27. The lowest BCUT2D eigenvalue weighted by Crippen LogP contribution is -2.39. The molecule has 162 valence electrons. The average Bonchev–Trinajstić information content (AvgIpc) is 3.31. The molecule has 29 heavy (non-hydrogen) atoms. The second-order valence-electron chi connectivity index (χ2n) is 7.32. The predicted octanol–water partition coefficient (Wildman–Crippen LogP) is 1.44. The van der Waals surface area contributed by atoms with Crippen LogP contribution in [0.1, 0.15) is 24.8 Å². The molecule has 0 amide bonds. The first-order valence-corrected chi connectivity index (χ1v) is 10.1. The number of aliphatic hydroxyl groups is 2. The van der Waals surface area contributed by atoms with E-state index in [0.717, 1.165) is 30.6 Å². The molecule has 0 spiro atoms. The van der Waals surface area contributed by atoms with Crippen LogP contribution in [0, 0.1) is 5.92 Å². The summed E-state index contributed by atoms with van der Waals surface area (Å²) >= 11 is 12.3. The number of nitrogens with one attached hydrogen (secondary N) is 1. The lowest BCUT2D eigenvalue weighted by molar-refractivity contribution is -0.165. The number of rotatable bonds is 8. The van der Waals surface area contributed by atoms with Gasteiger partial charge in [-0.05, 0) is 49.4 Å². The third-order valence-corrected chi connectivity index (χ3v) is 5.52. The summed E-state index contributed by atoms with van der Waals surface area (Å²) in [6.07, 6.45) is -0.497. The number of aliphatic carboxylic acids is 2. The van der Waals surface area contributed by atoms with Gasteiger partial charge in [0.1, 0.15) is 0 Å². The number of aliphatic hydroxyl groups excluding tert-OH is 2. The van der Waals surface area contributed by atoms with Crippen molar-refractivity contribution in [1.29, 1.82) is 0 Å². The normalized spacial score (nSPS) is 20.7. The molecule has 1 aliphatic heterocycles. The molecule has 1 aliphatic carbocycles. The molecule has 1 saturated heterocycles. The van der Waals surface area contributed by atoms with Crippen LogP contribution in [-0.4, -0.2) is 75.1 Å². The first-order chi connectivity index (χ1) is 13.7. The molecule has 0 bridgehead atoms. The average molecular weight is 449 g/mol. The van der Waals surface area contributed by atoms with Crippen molar-refractivity contribution >= 4 is 35.1 Å². The van der Waals surface area contributed by atoms with Gasteiger partial charge in [0.25, 0.3) is 0 Å². The molecule has 1 aromatic rings. The maximum atomic E-state index is 9.77. The molecular formula is C19H26Cl2N2O6. The summed E-state index contributed by atoms with van der Waals surface area (Å²) in [4.78, 5) is 22.1. The van der Waals surface area contributed by atoms with Crippen molar-refractivity contribution in [2.24, 2.45) is 5.92 Å². The Bertz CT molecular complexity index is 692. The van der Waals surface area contributed by atoms with Crippen LogP contribution in [-0.2, 0) is 16.1 Å². The molecule has 0 radical (unpaired) electrons. The summed E-state index contributed by atoms with van der Waals surface area (Å²) in [5.41, 5.74) is 1.19. The molecule has 5 N–H and O–H groups in total. The van der Waals surface area contributed by atoms with Crippen molar-refractivity contribution in [2.75, 3.05) is 19.6 Å². The lowest BCUT2D eigenvalue weighted by Gasteiger charge is -2.28.